The molecule has 2 rings (SSSR count). The first kappa shape index (κ1) is 25.6. The summed E-state index contributed by atoms with van der Waals surface area (Å²) in [5.74, 6) is 4.28. The van der Waals surface area contributed by atoms with Crippen molar-refractivity contribution in [3.05, 3.63) is 71.3 Å². The molecule has 0 saturated carbocycles. The van der Waals surface area contributed by atoms with E-state index in [9.17, 15) is 14.4 Å². The number of methoxy groups -OCH3 is 1. The Hall–Kier alpha value is -3.67. The minimum Gasteiger partial charge on any atom is -0.372 e. The molecule has 33 heavy (non-hydrogen) atoms. The normalized spacial score (nSPS) is 11.0. The molecule has 4 N–H and O–H groups in total. The van der Waals surface area contributed by atoms with Crippen molar-refractivity contribution in [3.63, 3.8) is 0 Å². The zero-order valence-electron chi connectivity index (χ0n) is 18.6. The van der Waals surface area contributed by atoms with E-state index in [0.717, 1.165) is 18.4 Å². The van der Waals surface area contributed by atoms with Gasteiger partial charge in [0.2, 0.25) is 11.8 Å². The molecule has 0 bridgehead atoms. The van der Waals surface area contributed by atoms with Crippen molar-refractivity contribution >= 4 is 17.7 Å². The highest BCUT2D eigenvalue weighted by Gasteiger charge is 2.22. The molecule has 2 aromatic carbocycles. The summed E-state index contributed by atoms with van der Waals surface area (Å²) in [4.78, 5) is 36.8. The summed E-state index contributed by atoms with van der Waals surface area (Å²) >= 11 is 0. The van der Waals surface area contributed by atoms with Crippen molar-refractivity contribution in [1.82, 2.24) is 16.1 Å². The molecule has 0 aliphatic heterocycles. The van der Waals surface area contributed by atoms with Gasteiger partial charge in [-0.3, -0.25) is 19.6 Å². The van der Waals surface area contributed by atoms with E-state index in [0.29, 0.717) is 18.7 Å². The van der Waals surface area contributed by atoms with Crippen LogP contribution >= 0.6 is 0 Å². The smallest absolute Gasteiger partial charge is 0.251 e. The Bertz CT molecular complexity index is 965. The molecular formula is C25H29N3O5. The Morgan fingerprint density at radius 1 is 1.06 bits per heavy atom. The first-order valence-corrected chi connectivity index (χ1v) is 10.7. The zero-order valence-corrected chi connectivity index (χ0v) is 18.6. The van der Waals surface area contributed by atoms with Crippen molar-refractivity contribution in [3.8, 4) is 11.8 Å². The predicted molar refractivity (Wildman–Crippen MR) is 123 cm³/mol. The van der Waals surface area contributed by atoms with E-state index < -0.39 is 17.9 Å². The van der Waals surface area contributed by atoms with Crippen molar-refractivity contribution in [2.45, 2.75) is 31.7 Å². The average Bonchev–Trinajstić information content (AvgIpc) is 2.85. The van der Waals surface area contributed by atoms with Crippen LogP contribution in [0.25, 0.3) is 0 Å². The Kier molecular flexibility index (Phi) is 11.2. The van der Waals surface area contributed by atoms with Crippen LogP contribution in [0, 0.1) is 11.8 Å². The minimum atomic E-state index is -0.923. The van der Waals surface area contributed by atoms with Crippen molar-refractivity contribution < 1.29 is 24.3 Å². The molecule has 2 aromatic rings. The van der Waals surface area contributed by atoms with Gasteiger partial charge in [0.05, 0.1) is 0 Å². The van der Waals surface area contributed by atoms with Gasteiger partial charge in [0.15, 0.2) is 0 Å². The minimum absolute atomic E-state index is 0.0449. The number of nitrogens with one attached hydrogen (secondary N) is 3. The second-order valence-electron chi connectivity index (χ2n) is 7.29. The molecule has 0 aliphatic rings. The van der Waals surface area contributed by atoms with Crippen molar-refractivity contribution in [2.24, 2.45) is 0 Å². The number of carbonyl (C=O) groups excluding carboxylic acids is 3. The molecule has 0 radical (unpaired) electrons. The van der Waals surface area contributed by atoms with E-state index in [1.54, 1.807) is 31.4 Å². The van der Waals surface area contributed by atoms with Crippen LogP contribution in [0.5, 0.6) is 0 Å². The molecule has 0 unspecified atom stereocenters. The third kappa shape index (κ3) is 9.56. The second kappa shape index (κ2) is 14.4. The van der Waals surface area contributed by atoms with Gasteiger partial charge in [-0.05, 0) is 49.1 Å². The van der Waals surface area contributed by atoms with Gasteiger partial charge in [-0.25, -0.2) is 5.48 Å². The van der Waals surface area contributed by atoms with E-state index in [2.05, 4.69) is 22.5 Å². The highest BCUT2D eigenvalue weighted by Crippen LogP contribution is 2.06. The topological polar surface area (TPSA) is 117 Å². The molecule has 0 aromatic heterocycles. The molecule has 0 saturated heterocycles. The van der Waals surface area contributed by atoms with E-state index >= 15 is 0 Å². The number of carbonyl (C=O) groups is 3. The third-order valence-corrected chi connectivity index (χ3v) is 4.79. The molecule has 0 fully saturated rings. The van der Waals surface area contributed by atoms with Gasteiger partial charge < -0.3 is 15.4 Å². The van der Waals surface area contributed by atoms with Gasteiger partial charge >= 0.3 is 0 Å². The summed E-state index contributed by atoms with van der Waals surface area (Å²) in [6.07, 6.45) is 1.47. The summed E-state index contributed by atoms with van der Waals surface area (Å²) in [5.41, 5.74) is 3.80. The van der Waals surface area contributed by atoms with Crippen LogP contribution in [-0.4, -0.2) is 49.2 Å². The Balaban J connectivity index is 1.94. The number of hydrogen-bond acceptors (Lipinski definition) is 5. The lowest BCUT2D eigenvalue weighted by atomic mass is 10.1. The molecule has 1 atom stereocenters. The van der Waals surface area contributed by atoms with Crippen LogP contribution < -0.4 is 16.1 Å². The van der Waals surface area contributed by atoms with Gasteiger partial charge in [0.25, 0.3) is 5.91 Å². The number of hydroxylamine groups is 1. The van der Waals surface area contributed by atoms with Crippen LogP contribution in [0.3, 0.4) is 0 Å². The maximum Gasteiger partial charge on any atom is 0.251 e. The summed E-state index contributed by atoms with van der Waals surface area (Å²) in [6.45, 7) is 0.743. The Morgan fingerprint density at radius 2 is 1.79 bits per heavy atom. The van der Waals surface area contributed by atoms with Crippen LogP contribution in [0.4, 0.5) is 0 Å². The number of rotatable bonds is 11. The van der Waals surface area contributed by atoms with Crippen LogP contribution in [-0.2, 0) is 20.7 Å². The van der Waals surface area contributed by atoms with E-state index in [1.807, 2.05) is 30.3 Å². The fourth-order valence-corrected chi connectivity index (χ4v) is 3.03. The monoisotopic (exact) mass is 451 g/mol. The van der Waals surface area contributed by atoms with Crippen LogP contribution in [0.2, 0.25) is 0 Å². The molecule has 3 amide bonds. The average molecular weight is 452 g/mol. The molecule has 8 heteroatoms. The molecule has 8 nitrogen and oxygen atoms in total. The lowest BCUT2D eigenvalue weighted by Crippen LogP contribution is -2.47. The van der Waals surface area contributed by atoms with Gasteiger partial charge in [-0.15, -0.1) is 0 Å². The van der Waals surface area contributed by atoms with E-state index in [1.165, 1.54) is 11.0 Å². The first-order valence-electron chi connectivity index (χ1n) is 10.7. The van der Waals surface area contributed by atoms with Gasteiger partial charge in [-0.1, -0.05) is 42.2 Å². The Labute approximate surface area is 193 Å². The predicted octanol–water partition coefficient (Wildman–Crippen LogP) is 1.82. The maximum atomic E-state index is 12.7. The number of benzene rings is 2. The number of ether oxygens (including phenoxy) is 1. The summed E-state index contributed by atoms with van der Waals surface area (Å²) in [5, 5.41) is 14.2. The number of aryl methyl sites for hydroxylation is 1. The van der Waals surface area contributed by atoms with Gasteiger partial charge in [0.1, 0.15) is 12.6 Å². The quantitative estimate of drug-likeness (QED) is 0.180. The third-order valence-electron chi connectivity index (χ3n) is 4.79. The molecule has 174 valence electrons. The lowest BCUT2D eigenvalue weighted by Gasteiger charge is -2.18. The number of hydrogen-bond donors (Lipinski definition) is 4. The van der Waals surface area contributed by atoms with Crippen molar-refractivity contribution in [2.75, 3.05) is 20.3 Å². The van der Waals surface area contributed by atoms with Crippen LogP contribution in [0.15, 0.2) is 54.6 Å². The standard InChI is InChI=1S/C25H29N3O5/c1-33-18-6-10-20-11-13-21(14-12-20)24(30)27-22(15-16-23(29)28-32)25(31)26-17-5-9-19-7-3-2-4-8-19/h2-4,7-8,11-14,22,32H,5,9,15-18H2,1H3,(H,26,31)(H,27,30)(H,28,29)/t22-/m0/s1. The van der Waals surface area contributed by atoms with Crippen molar-refractivity contribution in [1.29, 1.82) is 0 Å². The van der Waals surface area contributed by atoms with E-state index in [-0.39, 0.29) is 18.7 Å². The largest absolute Gasteiger partial charge is 0.372 e. The molecule has 0 spiro atoms. The summed E-state index contributed by atoms with van der Waals surface area (Å²) < 4.78 is 4.88. The highest BCUT2D eigenvalue weighted by atomic mass is 16.5. The molecule has 0 aliphatic carbocycles. The first-order chi connectivity index (χ1) is 16.0. The SMILES string of the molecule is COCC#Cc1ccc(C(=O)N[C@@H](CCC(=O)NO)C(=O)NCCCc2ccccc2)cc1. The second-order valence-corrected chi connectivity index (χ2v) is 7.29. The van der Waals surface area contributed by atoms with Gasteiger partial charge in [0, 0.05) is 31.2 Å². The number of amides is 3. The van der Waals surface area contributed by atoms with Crippen LogP contribution in [0.1, 0.15) is 40.7 Å². The van der Waals surface area contributed by atoms with Gasteiger partial charge in [-0.2, -0.15) is 0 Å². The maximum absolute atomic E-state index is 12.7. The summed E-state index contributed by atoms with van der Waals surface area (Å²) in [7, 11) is 1.56. The Morgan fingerprint density at radius 3 is 2.45 bits per heavy atom. The fraction of sp³-hybridized carbons (Fsp3) is 0.320. The molecular weight excluding hydrogens is 422 g/mol. The lowest BCUT2D eigenvalue weighted by molar-refractivity contribution is -0.129. The molecule has 0 heterocycles. The fourth-order valence-electron chi connectivity index (χ4n) is 3.03. The summed E-state index contributed by atoms with van der Waals surface area (Å²) in [6, 6.07) is 15.6. The van der Waals surface area contributed by atoms with E-state index in [4.69, 9.17) is 9.94 Å². The zero-order chi connectivity index (χ0) is 23.9. The highest BCUT2D eigenvalue weighted by molar-refractivity contribution is 5.97.